The summed E-state index contributed by atoms with van der Waals surface area (Å²) < 4.78 is 0. The highest BCUT2D eigenvalue weighted by atomic mass is 16.2. The molecule has 2 aliphatic carbocycles. The molecule has 2 bridgehead atoms. The van der Waals surface area contributed by atoms with E-state index in [1.165, 1.54) is 17.7 Å². The number of nitrogens with zero attached hydrogens (tertiary/aromatic N) is 1. The van der Waals surface area contributed by atoms with Crippen molar-refractivity contribution in [2.45, 2.75) is 78.2 Å². The monoisotopic (exact) mass is 334 g/mol. The minimum Gasteiger partial charge on any atom is -0.353 e. The number of fused-ring (bicyclic) bond motifs is 2. The molecule has 5 heteroatoms. The van der Waals surface area contributed by atoms with Gasteiger partial charge in [0.2, 0.25) is 17.7 Å². The maximum absolute atomic E-state index is 12.9. The van der Waals surface area contributed by atoms with Crippen LogP contribution in [0.1, 0.15) is 72.1 Å². The molecule has 1 aliphatic heterocycles. The Kier molecular flexibility index (Phi) is 4.47. The smallest absolute Gasteiger partial charge is 0.235 e. The van der Waals surface area contributed by atoms with E-state index in [1.807, 2.05) is 20.8 Å². The molecule has 0 aromatic heterocycles. The van der Waals surface area contributed by atoms with Crippen LogP contribution < -0.4 is 5.32 Å². The number of nitrogens with one attached hydrogen (secondary N) is 1. The Bertz CT molecular complexity index is 551. The molecule has 0 radical (unpaired) electrons. The van der Waals surface area contributed by atoms with E-state index in [0.29, 0.717) is 25.4 Å². The van der Waals surface area contributed by atoms with Crippen LogP contribution in [0, 0.1) is 16.7 Å². The van der Waals surface area contributed by atoms with Crippen molar-refractivity contribution < 1.29 is 14.4 Å². The Morgan fingerprint density at radius 2 is 1.83 bits per heavy atom. The van der Waals surface area contributed by atoms with Crippen LogP contribution in [0.25, 0.3) is 0 Å². The Labute approximate surface area is 144 Å². The SMILES string of the molecule is CC12CCC(C(=O)N(CCCC(=O)NC3CCCC3)C1=O)C2(C)C. The van der Waals surface area contributed by atoms with E-state index in [9.17, 15) is 14.4 Å². The molecule has 2 unspecified atom stereocenters. The summed E-state index contributed by atoms with van der Waals surface area (Å²) in [5.41, 5.74) is -0.713. The van der Waals surface area contributed by atoms with Crippen LogP contribution in [-0.2, 0) is 14.4 Å². The van der Waals surface area contributed by atoms with Gasteiger partial charge in [-0.05, 0) is 37.5 Å². The van der Waals surface area contributed by atoms with E-state index in [4.69, 9.17) is 0 Å². The summed E-state index contributed by atoms with van der Waals surface area (Å²) >= 11 is 0. The van der Waals surface area contributed by atoms with Gasteiger partial charge in [-0.25, -0.2) is 0 Å². The van der Waals surface area contributed by atoms with Crippen molar-refractivity contribution in [1.82, 2.24) is 10.2 Å². The first-order valence-electron chi connectivity index (χ1n) is 9.42. The van der Waals surface area contributed by atoms with Crippen LogP contribution in [0.15, 0.2) is 0 Å². The van der Waals surface area contributed by atoms with E-state index >= 15 is 0 Å². The topological polar surface area (TPSA) is 66.5 Å². The number of hydrogen-bond acceptors (Lipinski definition) is 3. The van der Waals surface area contributed by atoms with E-state index < -0.39 is 5.41 Å². The van der Waals surface area contributed by atoms with Crippen molar-refractivity contribution in [2.24, 2.45) is 16.7 Å². The minimum absolute atomic E-state index is 0.0313. The van der Waals surface area contributed by atoms with Crippen LogP contribution in [0.4, 0.5) is 0 Å². The van der Waals surface area contributed by atoms with Gasteiger partial charge in [0.1, 0.15) is 0 Å². The molecule has 2 atom stereocenters. The fraction of sp³-hybridized carbons (Fsp3) is 0.842. The molecule has 24 heavy (non-hydrogen) atoms. The molecule has 134 valence electrons. The lowest BCUT2D eigenvalue weighted by Crippen LogP contribution is -2.59. The van der Waals surface area contributed by atoms with Gasteiger partial charge in [0.15, 0.2) is 0 Å². The summed E-state index contributed by atoms with van der Waals surface area (Å²) in [5.74, 6) is -0.0838. The van der Waals surface area contributed by atoms with Crippen LogP contribution in [0.5, 0.6) is 0 Å². The maximum Gasteiger partial charge on any atom is 0.235 e. The van der Waals surface area contributed by atoms with Crippen LogP contribution in [-0.4, -0.2) is 35.2 Å². The largest absolute Gasteiger partial charge is 0.353 e. The first-order chi connectivity index (χ1) is 11.3. The lowest BCUT2D eigenvalue weighted by Gasteiger charge is -2.47. The highest BCUT2D eigenvalue weighted by Crippen LogP contribution is 2.60. The first-order valence-corrected chi connectivity index (χ1v) is 9.42. The van der Waals surface area contributed by atoms with Gasteiger partial charge in [-0.3, -0.25) is 19.3 Å². The highest BCUT2D eigenvalue weighted by Gasteiger charge is 2.64. The highest BCUT2D eigenvalue weighted by molar-refractivity contribution is 6.03. The lowest BCUT2D eigenvalue weighted by atomic mass is 9.62. The molecule has 3 amide bonds. The summed E-state index contributed by atoms with van der Waals surface area (Å²) in [6.45, 7) is 6.47. The lowest BCUT2D eigenvalue weighted by molar-refractivity contribution is -0.168. The Hall–Kier alpha value is -1.39. The zero-order valence-corrected chi connectivity index (χ0v) is 15.2. The summed E-state index contributed by atoms with van der Waals surface area (Å²) in [6, 6.07) is 0.325. The molecule has 1 saturated heterocycles. The first kappa shape index (κ1) is 17.4. The van der Waals surface area contributed by atoms with Gasteiger partial charge in [-0.1, -0.05) is 33.6 Å². The Morgan fingerprint density at radius 3 is 2.50 bits per heavy atom. The van der Waals surface area contributed by atoms with E-state index in [0.717, 1.165) is 25.7 Å². The normalized spacial score (nSPS) is 32.5. The number of amides is 3. The predicted octanol–water partition coefficient (Wildman–Crippen LogP) is 2.64. The molecular weight excluding hydrogens is 304 g/mol. The Morgan fingerprint density at radius 1 is 1.17 bits per heavy atom. The van der Waals surface area contributed by atoms with Crippen LogP contribution in [0.3, 0.4) is 0 Å². The summed E-state index contributed by atoms with van der Waals surface area (Å²) in [7, 11) is 0. The van der Waals surface area contributed by atoms with Crippen molar-refractivity contribution in [2.75, 3.05) is 6.54 Å². The van der Waals surface area contributed by atoms with E-state index in [-0.39, 0.29) is 29.1 Å². The molecule has 3 rings (SSSR count). The van der Waals surface area contributed by atoms with Crippen molar-refractivity contribution in [1.29, 1.82) is 0 Å². The number of carbonyl (C=O) groups is 3. The second kappa shape index (κ2) is 6.16. The summed E-state index contributed by atoms with van der Waals surface area (Å²) in [4.78, 5) is 39.0. The van der Waals surface area contributed by atoms with Crippen molar-refractivity contribution in [3.05, 3.63) is 0 Å². The van der Waals surface area contributed by atoms with Crippen LogP contribution >= 0.6 is 0 Å². The predicted molar refractivity (Wildman–Crippen MR) is 91.0 cm³/mol. The zero-order valence-electron chi connectivity index (χ0n) is 15.2. The molecule has 0 spiro atoms. The molecule has 3 fully saturated rings. The van der Waals surface area contributed by atoms with Gasteiger partial charge in [-0.15, -0.1) is 0 Å². The number of rotatable bonds is 5. The number of hydrogen-bond donors (Lipinski definition) is 1. The Balaban J connectivity index is 1.55. The second-order valence-corrected chi connectivity index (χ2v) is 8.59. The fourth-order valence-electron chi connectivity index (χ4n) is 4.88. The van der Waals surface area contributed by atoms with Gasteiger partial charge in [0.25, 0.3) is 0 Å². The van der Waals surface area contributed by atoms with Crippen molar-refractivity contribution in [3.8, 4) is 0 Å². The number of piperidine rings is 1. The third kappa shape index (κ3) is 2.66. The zero-order chi connectivity index (χ0) is 17.5. The third-order valence-electron chi connectivity index (χ3n) is 7.01. The maximum atomic E-state index is 12.9. The van der Waals surface area contributed by atoms with Gasteiger partial charge < -0.3 is 5.32 Å². The van der Waals surface area contributed by atoms with Gasteiger partial charge >= 0.3 is 0 Å². The summed E-state index contributed by atoms with van der Waals surface area (Å²) in [6.07, 6.45) is 7.06. The molecular formula is C19H30N2O3. The van der Waals surface area contributed by atoms with E-state index in [2.05, 4.69) is 5.32 Å². The molecule has 5 nitrogen and oxygen atoms in total. The average molecular weight is 334 g/mol. The fourth-order valence-corrected chi connectivity index (χ4v) is 4.88. The molecule has 1 heterocycles. The second-order valence-electron chi connectivity index (χ2n) is 8.59. The van der Waals surface area contributed by atoms with Crippen molar-refractivity contribution in [3.63, 3.8) is 0 Å². The van der Waals surface area contributed by atoms with Crippen molar-refractivity contribution >= 4 is 17.7 Å². The summed E-state index contributed by atoms with van der Waals surface area (Å²) in [5, 5.41) is 3.06. The number of carbonyl (C=O) groups excluding carboxylic acids is 3. The average Bonchev–Trinajstić information content (AvgIpc) is 3.07. The molecule has 0 aromatic carbocycles. The van der Waals surface area contributed by atoms with E-state index in [1.54, 1.807) is 0 Å². The van der Waals surface area contributed by atoms with Crippen LogP contribution in [0.2, 0.25) is 0 Å². The molecule has 2 saturated carbocycles. The quantitative estimate of drug-likeness (QED) is 0.786. The van der Waals surface area contributed by atoms with Gasteiger partial charge in [0.05, 0.1) is 5.41 Å². The van der Waals surface area contributed by atoms with Gasteiger partial charge in [-0.2, -0.15) is 0 Å². The number of imide groups is 1. The van der Waals surface area contributed by atoms with Gasteiger partial charge in [0, 0.05) is 24.9 Å². The molecule has 1 N–H and O–H groups in total. The number of likely N-dealkylation sites (tertiary alicyclic amines) is 1. The molecule has 0 aromatic rings. The minimum atomic E-state index is -0.447. The third-order valence-corrected chi connectivity index (χ3v) is 7.01. The molecule has 3 aliphatic rings. The standard InChI is InChI=1S/C19H30N2O3/c1-18(2)14-10-11-19(18,3)17(24)21(16(14)23)12-6-9-15(22)20-13-7-4-5-8-13/h13-14H,4-12H2,1-3H3,(H,20,22).